The van der Waals surface area contributed by atoms with Crippen LogP contribution in [0.5, 0.6) is 0 Å². The fraction of sp³-hybridized carbons (Fsp3) is 1.00. The molecule has 8 N–H and O–H groups in total. The first-order valence-corrected chi connectivity index (χ1v) is 7.99. The number of nitrogens with two attached hydrogens (primary N) is 3. The Labute approximate surface area is 110 Å². The highest BCUT2D eigenvalue weighted by Gasteiger charge is 2.19. The average Bonchev–Trinajstić information content (AvgIpc) is 2.30. The van der Waals surface area contributed by atoms with Crippen LogP contribution in [0.1, 0.15) is 25.7 Å². The molecule has 7 nitrogen and oxygen atoms in total. The van der Waals surface area contributed by atoms with Crippen molar-refractivity contribution in [1.82, 2.24) is 10.6 Å². The molecule has 0 saturated carbocycles. The zero-order chi connectivity index (χ0) is 13.9. The Bertz CT molecular complexity index is 284. The molecule has 0 rings (SSSR count). The van der Waals surface area contributed by atoms with Crippen molar-refractivity contribution in [2.75, 3.05) is 32.7 Å². The minimum atomic E-state index is -3.54. The van der Waals surface area contributed by atoms with Gasteiger partial charge >= 0.3 is 0 Å². The molecule has 0 aromatic rings. The molecule has 8 heteroatoms. The summed E-state index contributed by atoms with van der Waals surface area (Å²) in [5.74, 6) is 0. The van der Waals surface area contributed by atoms with Gasteiger partial charge in [-0.2, -0.15) is 0 Å². The molecule has 0 fully saturated rings. The van der Waals surface area contributed by atoms with Crippen molar-refractivity contribution in [3.05, 3.63) is 0 Å². The summed E-state index contributed by atoms with van der Waals surface area (Å²) >= 11 is 0. The van der Waals surface area contributed by atoms with Crippen molar-refractivity contribution in [2.45, 2.75) is 31.1 Å². The van der Waals surface area contributed by atoms with Crippen molar-refractivity contribution in [3.63, 3.8) is 0 Å². The number of nitrogens with one attached hydrogen (secondary N) is 2. The molecule has 110 valence electrons. The first kappa shape index (κ1) is 17.8. The summed E-state index contributed by atoms with van der Waals surface area (Å²) in [5, 5.41) is 10.6. The molecule has 0 aliphatic rings. The van der Waals surface area contributed by atoms with E-state index in [0.717, 1.165) is 32.4 Å². The van der Waals surface area contributed by atoms with E-state index in [4.69, 9.17) is 16.6 Å². The SMILES string of the molecule is NCCCNCCCC(NCCCN)S(N)(=O)=O. The van der Waals surface area contributed by atoms with Gasteiger partial charge in [0.25, 0.3) is 0 Å². The first-order chi connectivity index (χ1) is 8.52. The highest BCUT2D eigenvalue weighted by Crippen LogP contribution is 2.02. The minimum absolute atomic E-state index is 0.499. The lowest BCUT2D eigenvalue weighted by Crippen LogP contribution is -2.42. The third kappa shape index (κ3) is 9.75. The molecule has 18 heavy (non-hydrogen) atoms. The van der Waals surface area contributed by atoms with Gasteiger partial charge in [0.15, 0.2) is 0 Å². The third-order valence-electron chi connectivity index (χ3n) is 2.53. The summed E-state index contributed by atoms with van der Waals surface area (Å²) in [6.45, 7) is 3.39. The van der Waals surface area contributed by atoms with E-state index < -0.39 is 15.4 Å². The van der Waals surface area contributed by atoms with Crippen LogP contribution in [-0.2, 0) is 10.0 Å². The lowest BCUT2D eigenvalue weighted by atomic mass is 10.3. The van der Waals surface area contributed by atoms with Crippen LogP contribution in [0, 0.1) is 0 Å². The molecular weight excluding hydrogens is 254 g/mol. The first-order valence-electron chi connectivity index (χ1n) is 6.38. The Morgan fingerprint density at radius 1 is 0.944 bits per heavy atom. The fourth-order valence-corrected chi connectivity index (χ4v) is 2.36. The summed E-state index contributed by atoms with van der Waals surface area (Å²) in [6, 6.07) is 0. The lowest BCUT2D eigenvalue weighted by Gasteiger charge is -2.16. The molecule has 0 aliphatic heterocycles. The van der Waals surface area contributed by atoms with Crippen LogP contribution >= 0.6 is 0 Å². The Kier molecular flexibility index (Phi) is 10.5. The second-order valence-corrected chi connectivity index (χ2v) is 5.96. The maximum absolute atomic E-state index is 11.3. The van der Waals surface area contributed by atoms with E-state index in [-0.39, 0.29) is 0 Å². The van der Waals surface area contributed by atoms with Gasteiger partial charge in [0.1, 0.15) is 5.37 Å². The highest BCUT2D eigenvalue weighted by atomic mass is 32.2. The topological polar surface area (TPSA) is 136 Å². The maximum Gasteiger partial charge on any atom is 0.225 e. The van der Waals surface area contributed by atoms with E-state index in [9.17, 15) is 8.42 Å². The van der Waals surface area contributed by atoms with Gasteiger partial charge in [0, 0.05) is 0 Å². The zero-order valence-electron chi connectivity index (χ0n) is 10.9. The van der Waals surface area contributed by atoms with Crippen molar-refractivity contribution < 1.29 is 8.42 Å². The molecule has 0 aromatic carbocycles. The van der Waals surface area contributed by atoms with Crippen LogP contribution in [0.3, 0.4) is 0 Å². The Morgan fingerprint density at radius 2 is 1.50 bits per heavy atom. The molecule has 1 unspecified atom stereocenters. The summed E-state index contributed by atoms with van der Waals surface area (Å²) in [6.07, 6.45) is 2.91. The van der Waals surface area contributed by atoms with Crippen molar-refractivity contribution in [1.29, 1.82) is 0 Å². The smallest absolute Gasteiger partial charge is 0.225 e. The molecule has 0 amide bonds. The fourth-order valence-electron chi connectivity index (χ4n) is 1.51. The van der Waals surface area contributed by atoms with E-state index in [2.05, 4.69) is 10.6 Å². The zero-order valence-corrected chi connectivity index (χ0v) is 11.7. The summed E-state index contributed by atoms with van der Waals surface area (Å²) in [7, 11) is -3.54. The Hall–Kier alpha value is -0.250. The minimum Gasteiger partial charge on any atom is -0.330 e. The van der Waals surface area contributed by atoms with Crippen LogP contribution < -0.4 is 27.2 Å². The second-order valence-electron chi connectivity index (χ2n) is 4.21. The average molecular weight is 281 g/mol. The third-order valence-corrected chi connectivity index (χ3v) is 3.72. The van der Waals surface area contributed by atoms with Crippen molar-refractivity contribution in [3.8, 4) is 0 Å². The quantitative estimate of drug-likeness (QED) is 0.269. The molecule has 0 radical (unpaired) electrons. The van der Waals surface area contributed by atoms with E-state index in [1.54, 1.807) is 0 Å². The van der Waals surface area contributed by atoms with Gasteiger partial charge in [-0.05, 0) is 58.4 Å². The molecule has 0 bridgehead atoms. The normalized spacial score (nSPS) is 13.7. The second kappa shape index (κ2) is 10.7. The predicted molar refractivity (Wildman–Crippen MR) is 74.3 cm³/mol. The van der Waals surface area contributed by atoms with Crippen molar-refractivity contribution in [2.24, 2.45) is 16.6 Å². The number of primary sulfonamides is 1. The van der Waals surface area contributed by atoms with E-state index in [1.165, 1.54) is 0 Å². The summed E-state index contributed by atoms with van der Waals surface area (Å²) in [4.78, 5) is 0. The number of hydrogen-bond acceptors (Lipinski definition) is 6. The Balaban J connectivity index is 3.81. The Morgan fingerprint density at radius 3 is 2.06 bits per heavy atom. The summed E-state index contributed by atoms with van der Waals surface area (Å²) in [5.41, 5.74) is 10.7. The van der Waals surface area contributed by atoms with Gasteiger partial charge in [-0.1, -0.05) is 0 Å². The van der Waals surface area contributed by atoms with E-state index in [1.807, 2.05) is 0 Å². The molecule has 0 aliphatic carbocycles. The largest absolute Gasteiger partial charge is 0.330 e. The predicted octanol–water partition coefficient (Wildman–Crippen LogP) is -1.74. The van der Waals surface area contributed by atoms with Gasteiger partial charge in [-0.3, -0.25) is 5.32 Å². The lowest BCUT2D eigenvalue weighted by molar-refractivity contribution is 0.507. The maximum atomic E-state index is 11.3. The highest BCUT2D eigenvalue weighted by molar-refractivity contribution is 7.89. The van der Waals surface area contributed by atoms with Gasteiger partial charge in [-0.15, -0.1) is 0 Å². The van der Waals surface area contributed by atoms with E-state index >= 15 is 0 Å². The van der Waals surface area contributed by atoms with Gasteiger partial charge in [0.2, 0.25) is 10.0 Å². The van der Waals surface area contributed by atoms with Crippen LogP contribution in [0.25, 0.3) is 0 Å². The molecule has 0 aromatic heterocycles. The van der Waals surface area contributed by atoms with Gasteiger partial charge < -0.3 is 16.8 Å². The van der Waals surface area contributed by atoms with Crippen LogP contribution in [0.4, 0.5) is 0 Å². The standard InChI is InChI=1S/C10H27N5O2S/c11-5-2-8-14-7-1-4-10(18(13,16)17)15-9-3-6-12/h10,14-15H,1-9,11-12H2,(H2,13,16,17). The van der Waals surface area contributed by atoms with Crippen molar-refractivity contribution >= 4 is 10.0 Å². The van der Waals surface area contributed by atoms with Gasteiger partial charge in [0.05, 0.1) is 0 Å². The monoisotopic (exact) mass is 281 g/mol. The molecule has 0 saturated heterocycles. The van der Waals surface area contributed by atoms with Crippen LogP contribution in [0.2, 0.25) is 0 Å². The molecule has 1 atom stereocenters. The van der Waals surface area contributed by atoms with E-state index in [0.29, 0.717) is 26.1 Å². The summed E-state index contributed by atoms with van der Waals surface area (Å²) < 4.78 is 22.7. The van der Waals surface area contributed by atoms with Gasteiger partial charge in [-0.25, -0.2) is 13.6 Å². The molecule has 0 spiro atoms. The number of hydrogen-bond donors (Lipinski definition) is 5. The number of sulfonamides is 1. The molecule has 0 heterocycles. The van der Waals surface area contributed by atoms with Crippen LogP contribution in [0.15, 0.2) is 0 Å². The van der Waals surface area contributed by atoms with Crippen LogP contribution in [-0.4, -0.2) is 46.5 Å². The number of rotatable bonds is 12. The molecular formula is C10H27N5O2S.